The van der Waals surface area contributed by atoms with Crippen molar-refractivity contribution < 1.29 is 19.1 Å². The molecule has 2 aromatic carbocycles. The standard InChI is InChI=1S/C22H28N2O4/c1-5-24(3)19-9-6-8-18(15-19)23-22(26)10-7-13-28-20-12-11-17(16(2)25)14-21(20)27-4/h6,8-9,11-12,14-15H,5,7,10,13H2,1-4H3,(H,23,26). The van der Waals surface area contributed by atoms with E-state index in [1.54, 1.807) is 18.2 Å². The molecule has 0 aliphatic carbocycles. The number of hydrogen-bond donors (Lipinski definition) is 1. The smallest absolute Gasteiger partial charge is 0.224 e. The molecule has 6 heteroatoms. The summed E-state index contributed by atoms with van der Waals surface area (Å²) in [6.45, 7) is 4.85. The monoisotopic (exact) mass is 384 g/mol. The summed E-state index contributed by atoms with van der Waals surface area (Å²) in [4.78, 5) is 25.7. The van der Waals surface area contributed by atoms with Crippen LogP contribution in [-0.2, 0) is 4.79 Å². The second-order valence-corrected chi connectivity index (χ2v) is 6.49. The Morgan fingerprint density at radius 3 is 2.57 bits per heavy atom. The molecule has 1 N–H and O–H groups in total. The highest BCUT2D eigenvalue weighted by atomic mass is 16.5. The first kappa shape index (κ1) is 21.3. The van der Waals surface area contributed by atoms with Crippen LogP contribution in [0.1, 0.15) is 37.0 Å². The third-order valence-corrected chi connectivity index (χ3v) is 4.42. The van der Waals surface area contributed by atoms with E-state index >= 15 is 0 Å². The van der Waals surface area contributed by atoms with Crippen LogP contribution >= 0.6 is 0 Å². The summed E-state index contributed by atoms with van der Waals surface area (Å²) in [6, 6.07) is 12.8. The molecular weight excluding hydrogens is 356 g/mol. The molecule has 1 amide bonds. The molecule has 0 aromatic heterocycles. The van der Waals surface area contributed by atoms with Gasteiger partial charge in [0.2, 0.25) is 5.91 Å². The van der Waals surface area contributed by atoms with Gasteiger partial charge in [-0.1, -0.05) is 6.07 Å². The maximum absolute atomic E-state index is 12.2. The lowest BCUT2D eigenvalue weighted by atomic mass is 10.1. The second-order valence-electron chi connectivity index (χ2n) is 6.49. The van der Waals surface area contributed by atoms with Gasteiger partial charge in [0.05, 0.1) is 13.7 Å². The van der Waals surface area contributed by atoms with Crippen LogP contribution < -0.4 is 19.7 Å². The van der Waals surface area contributed by atoms with Crippen LogP contribution in [0, 0.1) is 0 Å². The quantitative estimate of drug-likeness (QED) is 0.492. The van der Waals surface area contributed by atoms with Gasteiger partial charge < -0.3 is 19.7 Å². The number of carbonyl (C=O) groups is 2. The van der Waals surface area contributed by atoms with Crippen molar-refractivity contribution in [1.82, 2.24) is 0 Å². The minimum atomic E-state index is -0.0567. The molecule has 0 heterocycles. The van der Waals surface area contributed by atoms with Crippen LogP contribution in [0.2, 0.25) is 0 Å². The number of nitrogens with zero attached hydrogens (tertiary/aromatic N) is 1. The van der Waals surface area contributed by atoms with Crippen LogP contribution in [0.4, 0.5) is 11.4 Å². The predicted octanol–water partition coefficient (Wildman–Crippen LogP) is 4.15. The lowest BCUT2D eigenvalue weighted by molar-refractivity contribution is -0.116. The molecule has 6 nitrogen and oxygen atoms in total. The highest BCUT2D eigenvalue weighted by Crippen LogP contribution is 2.28. The normalized spacial score (nSPS) is 10.3. The van der Waals surface area contributed by atoms with E-state index in [1.807, 2.05) is 31.3 Å². The van der Waals surface area contributed by atoms with Crippen molar-refractivity contribution >= 4 is 23.1 Å². The first-order valence-electron chi connectivity index (χ1n) is 9.37. The molecule has 0 aliphatic heterocycles. The summed E-state index contributed by atoms with van der Waals surface area (Å²) in [5.41, 5.74) is 2.41. The molecular formula is C22H28N2O4. The Morgan fingerprint density at radius 2 is 1.89 bits per heavy atom. The summed E-state index contributed by atoms with van der Waals surface area (Å²) >= 11 is 0. The minimum Gasteiger partial charge on any atom is -0.493 e. The van der Waals surface area contributed by atoms with E-state index in [1.165, 1.54) is 14.0 Å². The first-order chi connectivity index (χ1) is 13.4. The summed E-state index contributed by atoms with van der Waals surface area (Å²) < 4.78 is 11.0. The number of rotatable bonds is 10. The Morgan fingerprint density at radius 1 is 1.11 bits per heavy atom. The van der Waals surface area contributed by atoms with Gasteiger partial charge in [0.15, 0.2) is 17.3 Å². The summed E-state index contributed by atoms with van der Waals surface area (Å²) in [6.07, 6.45) is 0.916. The first-order valence-corrected chi connectivity index (χ1v) is 9.37. The Hall–Kier alpha value is -3.02. The highest BCUT2D eigenvalue weighted by molar-refractivity contribution is 5.94. The fourth-order valence-corrected chi connectivity index (χ4v) is 2.65. The average Bonchev–Trinajstić information content (AvgIpc) is 2.70. The van der Waals surface area contributed by atoms with E-state index in [2.05, 4.69) is 17.1 Å². The summed E-state index contributed by atoms with van der Waals surface area (Å²) in [7, 11) is 3.54. The van der Waals surface area contributed by atoms with Crippen molar-refractivity contribution in [1.29, 1.82) is 0 Å². The molecule has 0 unspecified atom stereocenters. The van der Waals surface area contributed by atoms with Crippen molar-refractivity contribution in [2.45, 2.75) is 26.7 Å². The van der Waals surface area contributed by atoms with Gasteiger partial charge in [-0.25, -0.2) is 0 Å². The van der Waals surface area contributed by atoms with Crippen LogP contribution in [0.25, 0.3) is 0 Å². The maximum Gasteiger partial charge on any atom is 0.224 e. The molecule has 0 saturated carbocycles. The summed E-state index contributed by atoms with van der Waals surface area (Å²) in [5.74, 6) is 0.978. The fraction of sp³-hybridized carbons (Fsp3) is 0.364. The van der Waals surface area contributed by atoms with Crippen molar-refractivity contribution in [3.05, 3.63) is 48.0 Å². The van der Waals surface area contributed by atoms with Gasteiger partial charge in [-0.2, -0.15) is 0 Å². The Labute approximate surface area is 166 Å². The molecule has 0 saturated heterocycles. The van der Waals surface area contributed by atoms with Crippen molar-refractivity contribution in [3.63, 3.8) is 0 Å². The average molecular weight is 384 g/mol. The molecule has 0 spiro atoms. The lowest BCUT2D eigenvalue weighted by Crippen LogP contribution is -2.17. The van der Waals surface area contributed by atoms with Gasteiger partial charge in [-0.05, 0) is 56.7 Å². The van der Waals surface area contributed by atoms with E-state index < -0.39 is 0 Å². The number of nitrogens with one attached hydrogen (secondary N) is 1. The Bertz CT molecular complexity index is 820. The number of anilines is 2. The lowest BCUT2D eigenvalue weighted by Gasteiger charge is -2.17. The minimum absolute atomic E-state index is 0.0317. The Balaban J connectivity index is 1.82. The van der Waals surface area contributed by atoms with E-state index in [0.717, 1.165) is 17.9 Å². The largest absolute Gasteiger partial charge is 0.493 e. The molecule has 2 aromatic rings. The zero-order valence-electron chi connectivity index (χ0n) is 17.0. The van der Waals surface area contributed by atoms with E-state index in [0.29, 0.717) is 36.5 Å². The van der Waals surface area contributed by atoms with Gasteiger partial charge in [0.1, 0.15) is 0 Å². The fourth-order valence-electron chi connectivity index (χ4n) is 2.65. The van der Waals surface area contributed by atoms with Gasteiger partial charge in [-0.3, -0.25) is 9.59 Å². The second kappa shape index (κ2) is 10.3. The van der Waals surface area contributed by atoms with E-state index in [-0.39, 0.29) is 11.7 Å². The summed E-state index contributed by atoms with van der Waals surface area (Å²) in [5, 5.41) is 2.92. The zero-order chi connectivity index (χ0) is 20.5. The molecule has 0 atom stereocenters. The molecule has 0 radical (unpaired) electrons. The van der Waals surface area contributed by atoms with E-state index in [4.69, 9.17) is 9.47 Å². The Kier molecular flexibility index (Phi) is 7.87. The SMILES string of the molecule is CCN(C)c1cccc(NC(=O)CCCOc2ccc(C(C)=O)cc2OC)c1. The molecule has 28 heavy (non-hydrogen) atoms. The molecule has 2 rings (SSSR count). The zero-order valence-corrected chi connectivity index (χ0v) is 17.0. The van der Waals surface area contributed by atoms with Crippen molar-refractivity contribution in [2.75, 3.05) is 37.5 Å². The number of ether oxygens (including phenoxy) is 2. The van der Waals surface area contributed by atoms with Gasteiger partial charge in [-0.15, -0.1) is 0 Å². The molecule has 150 valence electrons. The number of ketones is 1. The number of hydrogen-bond acceptors (Lipinski definition) is 5. The predicted molar refractivity (Wildman–Crippen MR) is 112 cm³/mol. The highest BCUT2D eigenvalue weighted by Gasteiger charge is 2.09. The van der Waals surface area contributed by atoms with Gasteiger partial charge in [0.25, 0.3) is 0 Å². The molecule has 0 aliphatic rings. The van der Waals surface area contributed by atoms with Crippen LogP contribution in [0.3, 0.4) is 0 Å². The number of benzene rings is 2. The van der Waals surface area contributed by atoms with Crippen molar-refractivity contribution in [2.24, 2.45) is 0 Å². The van der Waals surface area contributed by atoms with Crippen LogP contribution in [-0.4, -0.2) is 39.0 Å². The van der Waals surface area contributed by atoms with E-state index in [9.17, 15) is 9.59 Å². The topological polar surface area (TPSA) is 67.9 Å². The van der Waals surface area contributed by atoms with Crippen molar-refractivity contribution in [3.8, 4) is 11.5 Å². The molecule has 0 fully saturated rings. The number of methoxy groups -OCH3 is 1. The number of carbonyl (C=O) groups excluding carboxylic acids is 2. The van der Waals surface area contributed by atoms with Gasteiger partial charge >= 0.3 is 0 Å². The van der Waals surface area contributed by atoms with Crippen LogP contribution in [0.15, 0.2) is 42.5 Å². The van der Waals surface area contributed by atoms with Gasteiger partial charge in [0, 0.05) is 37.0 Å². The third kappa shape index (κ3) is 6.01. The van der Waals surface area contributed by atoms with Crippen LogP contribution in [0.5, 0.6) is 11.5 Å². The number of Topliss-reactive ketones (excluding diaryl/α,β-unsaturated/α-hetero) is 1. The number of amides is 1. The molecule has 0 bridgehead atoms. The maximum atomic E-state index is 12.2. The third-order valence-electron chi connectivity index (χ3n) is 4.42.